The first-order valence-corrected chi connectivity index (χ1v) is 10.4. The fraction of sp³-hybridized carbons (Fsp3) is 0.444. The van der Waals surface area contributed by atoms with Crippen molar-refractivity contribution in [1.29, 1.82) is 0 Å². The zero-order valence-electron chi connectivity index (χ0n) is 14.8. The predicted molar refractivity (Wildman–Crippen MR) is 97.3 cm³/mol. The van der Waals surface area contributed by atoms with Gasteiger partial charge in [-0.15, -0.1) is 0 Å². The van der Waals surface area contributed by atoms with Gasteiger partial charge in [-0.2, -0.15) is 0 Å². The SMILES string of the molecule is C[C@H](OC(=O)C1CCN(S(C)(=O)=O)CC1)C(=O)c1c[nH]c2ccccc12. The van der Waals surface area contributed by atoms with Gasteiger partial charge in [0.2, 0.25) is 15.8 Å². The molecule has 1 aromatic heterocycles. The van der Waals surface area contributed by atoms with E-state index in [4.69, 9.17) is 4.74 Å². The van der Waals surface area contributed by atoms with Gasteiger partial charge in [0, 0.05) is 35.8 Å². The summed E-state index contributed by atoms with van der Waals surface area (Å²) in [5.74, 6) is -1.09. The van der Waals surface area contributed by atoms with Crippen LogP contribution >= 0.6 is 0 Å². The van der Waals surface area contributed by atoms with Crippen molar-refractivity contribution < 1.29 is 22.7 Å². The molecule has 0 radical (unpaired) electrons. The van der Waals surface area contributed by atoms with Crippen LogP contribution in [0.15, 0.2) is 30.5 Å². The van der Waals surface area contributed by atoms with Gasteiger partial charge in [0.05, 0.1) is 12.2 Å². The number of H-pyrrole nitrogens is 1. The first kappa shape index (κ1) is 18.6. The highest BCUT2D eigenvalue weighted by Gasteiger charge is 2.32. The van der Waals surface area contributed by atoms with Crippen molar-refractivity contribution in [3.05, 3.63) is 36.0 Å². The molecule has 26 heavy (non-hydrogen) atoms. The van der Waals surface area contributed by atoms with E-state index in [-0.39, 0.29) is 11.7 Å². The van der Waals surface area contributed by atoms with Crippen LogP contribution in [0.3, 0.4) is 0 Å². The highest BCUT2D eigenvalue weighted by Crippen LogP contribution is 2.23. The molecular weight excluding hydrogens is 356 g/mol. The number of carbonyl (C=O) groups excluding carboxylic acids is 2. The maximum atomic E-state index is 12.6. The van der Waals surface area contributed by atoms with Crippen LogP contribution in [-0.2, 0) is 19.6 Å². The second kappa shape index (κ2) is 7.20. The number of carbonyl (C=O) groups is 2. The van der Waals surface area contributed by atoms with Crippen LogP contribution in [0.1, 0.15) is 30.1 Å². The summed E-state index contributed by atoms with van der Waals surface area (Å²) in [6, 6.07) is 7.44. The number of sulfonamides is 1. The summed E-state index contributed by atoms with van der Waals surface area (Å²) in [6.45, 7) is 2.15. The average molecular weight is 378 g/mol. The first-order valence-electron chi connectivity index (χ1n) is 8.53. The second-order valence-corrected chi connectivity index (χ2v) is 8.61. The van der Waals surface area contributed by atoms with Gasteiger partial charge in [0.25, 0.3) is 0 Å². The number of benzene rings is 1. The van der Waals surface area contributed by atoms with E-state index in [0.29, 0.717) is 31.5 Å². The number of ketones is 1. The van der Waals surface area contributed by atoms with Crippen molar-refractivity contribution in [2.24, 2.45) is 5.92 Å². The maximum absolute atomic E-state index is 12.6. The Kier molecular flexibility index (Phi) is 5.15. The molecule has 1 fully saturated rings. The lowest BCUT2D eigenvalue weighted by Gasteiger charge is -2.29. The normalized spacial score (nSPS) is 17.9. The van der Waals surface area contributed by atoms with E-state index < -0.39 is 22.1 Å². The lowest BCUT2D eigenvalue weighted by molar-refractivity contribution is -0.152. The Morgan fingerprint density at radius 1 is 1.23 bits per heavy atom. The number of para-hydroxylation sites is 1. The van der Waals surface area contributed by atoms with Crippen molar-refractivity contribution in [2.75, 3.05) is 19.3 Å². The second-order valence-electron chi connectivity index (χ2n) is 6.63. The molecule has 2 heterocycles. The Morgan fingerprint density at radius 3 is 2.54 bits per heavy atom. The van der Waals surface area contributed by atoms with Crippen LogP contribution in [0, 0.1) is 5.92 Å². The van der Waals surface area contributed by atoms with Crippen molar-refractivity contribution in [3.8, 4) is 0 Å². The highest BCUT2D eigenvalue weighted by atomic mass is 32.2. The molecule has 1 aliphatic rings. The quantitative estimate of drug-likeness (QED) is 0.634. The van der Waals surface area contributed by atoms with Gasteiger partial charge in [-0.25, -0.2) is 12.7 Å². The number of hydrogen-bond acceptors (Lipinski definition) is 5. The van der Waals surface area contributed by atoms with E-state index in [9.17, 15) is 18.0 Å². The molecule has 1 atom stereocenters. The summed E-state index contributed by atoms with van der Waals surface area (Å²) < 4.78 is 29.8. The summed E-state index contributed by atoms with van der Waals surface area (Å²) >= 11 is 0. The molecule has 0 amide bonds. The number of Topliss-reactive ketones (excluding diaryl/α,β-unsaturated/α-hetero) is 1. The van der Waals surface area contributed by atoms with Crippen LogP contribution in [-0.4, -0.2) is 54.9 Å². The third-order valence-corrected chi connectivity index (χ3v) is 6.08. The number of aromatic amines is 1. The molecule has 2 aromatic rings. The molecular formula is C18H22N2O5S. The van der Waals surface area contributed by atoms with Crippen molar-refractivity contribution >= 4 is 32.7 Å². The minimum atomic E-state index is -3.24. The van der Waals surface area contributed by atoms with Crippen molar-refractivity contribution in [1.82, 2.24) is 9.29 Å². The number of nitrogens with zero attached hydrogens (tertiary/aromatic N) is 1. The monoisotopic (exact) mass is 378 g/mol. The lowest BCUT2D eigenvalue weighted by atomic mass is 9.98. The molecule has 0 unspecified atom stereocenters. The van der Waals surface area contributed by atoms with E-state index in [0.717, 1.165) is 17.2 Å². The molecule has 3 rings (SSSR count). The molecule has 0 aliphatic carbocycles. The molecule has 7 nitrogen and oxygen atoms in total. The smallest absolute Gasteiger partial charge is 0.309 e. The van der Waals surface area contributed by atoms with Gasteiger partial charge >= 0.3 is 5.97 Å². The van der Waals surface area contributed by atoms with Crippen LogP contribution in [0.25, 0.3) is 10.9 Å². The first-order chi connectivity index (χ1) is 12.3. The van der Waals surface area contributed by atoms with Gasteiger partial charge in [0.1, 0.15) is 0 Å². The summed E-state index contributed by atoms with van der Waals surface area (Å²) in [4.78, 5) is 28.0. The number of ether oxygens (including phenoxy) is 1. The van der Waals surface area contributed by atoms with Gasteiger partial charge in [-0.1, -0.05) is 18.2 Å². The number of aromatic nitrogens is 1. The Morgan fingerprint density at radius 2 is 1.88 bits per heavy atom. The number of fused-ring (bicyclic) bond motifs is 1. The van der Waals surface area contributed by atoms with Crippen LogP contribution in [0.2, 0.25) is 0 Å². The number of rotatable bonds is 5. The zero-order valence-corrected chi connectivity index (χ0v) is 15.6. The number of nitrogens with one attached hydrogen (secondary N) is 1. The molecule has 140 valence electrons. The van der Waals surface area contributed by atoms with Crippen LogP contribution in [0.5, 0.6) is 0 Å². The van der Waals surface area contributed by atoms with Gasteiger partial charge < -0.3 is 9.72 Å². The van der Waals surface area contributed by atoms with E-state index in [1.54, 1.807) is 13.1 Å². The molecule has 1 saturated heterocycles. The van der Waals surface area contributed by atoms with E-state index in [1.807, 2.05) is 24.3 Å². The minimum Gasteiger partial charge on any atom is -0.454 e. The van der Waals surface area contributed by atoms with Crippen LogP contribution in [0.4, 0.5) is 0 Å². The number of esters is 1. The molecule has 8 heteroatoms. The standard InChI is InChI=1S/C18H22N2O5S/c1-12(17(21)15-11-19-16-6-4-3-5-14(15)16)25-18(22)13-7-9-20(10-8-13)26(2,23)24/h3-6,11-13,19H,7-10H2,1-2H3/t12-/m0/s1. The lowest BCUT2D eigenvalue weighted by Crippen LogP contribution is -2.40. The fourth-order valence-corrected chi connectivity index (χ4v) is 4.12. The number of piperidine rings is 1. The Balaban J connectivity index is 1.62. The molecule has 1 aliphatic heterocycles. The molecule has 1 N–H and O–H groups in total. The van der Waals surface area contributed by atoms with E-state index in [2.05, 4.69) is 4.98 Å². The average Bonchev–Trinajstić information content (AvgIpc) is 3.04. The van der Waals surface area contributed by atoms with Crippen LogP contribution < -0.4 is 0 Å². The van der Waals surface area contributed by atoms with Gasteiger partial charge in [-0.3, -0.25) is 9.59 Å². The van der Waals surface area contributed by atoms with Gasteiger partial charge in [-0.05, 0) is 25.8 Å². The fourth-order valence-electron chi connectivity index (χ4n) is 3.24. The van der Waals surface area contributed by atoms with E-state index in [1.165, 1.54) is 4.31 Å². The highest BCUT2D eigenvalue weighted by molar-refractivity contribution is 7.88. The maximum Gasteiger partial charge on any atom is 0.309 e. The summed E-state index contributed by atoms with van der Waals surface area (Å²) in [5, 5.41) is 0.793. The Labute approximate surface area is 152 Å². The topological polar surface area (TPSA) is 96.5 Å². The van der Waals surface area contributed by atoms with Crippen molar-refractivity contribution in [3.63, 3.8) is 0 Å². The zero-order chi connectivity index (χ0) is 18.9. The summed E-state index contributed by atoms with van der Waals surface area (Å²) in [5.41, 5.74) is 1.34. The molecule has 0 saturated carbocycles. The van der Waals surface area contributed by atoms with Gasteiger partial charge in [0.15, 0.2) is 6.10 Å². The number of hydrogen-bond donors (Lipinski definition) is 1. The van der Waals surface area contributed by atoms with E-state index >= 15 is 0 Å². The Hall–Kier alpha value is -2.19. The Bertz CT molecular complexity index is 926. The summed E-state index contributed by atoms with van der Waals surface area (Å²) in [7, 11) is -3.24. The summed E-state index contributed by atoms with van der Waals surface area (Å²) in [6.07, 6.45) is 2.70. The predicted octanol–water partition coefficient (Wildman–Crippen LogP) is 1.95. The largest absolute Gasteiger partial charge is 0.454 e. The minimum absolute atomic E-state index is 0.260. The molecule has 1 aromatic carbocycles. The third-order valence-electron chi connectivity index (χ3n) is 4.77. The third kappa shape index (κ3) is 3.81. The van der Waals surface area contributed by atoms with Crippen molar-refractivity contribution in [2.45, 2.75) is 25.9 Å². The molecule has 0 spiro atoms. The molecule has 0 bridgehead atoms.